The Kier molecular flexibility index (Phi) is 6.22. The molecule has 1 aromatic carbocycles. The lowest BCUT2D eigenvalue weighted by Gasteiger charge is -2.27. The van der Waals surface area contributed by atoms with Crippen molar-refractivity contribution in [3.63, 3.8) is 0 Å². The van der Waals surface area contributed by atoms with Crippen LogP contribution < -0.4 is 0 Å². The van der Waals surface area contributed by atoms with Crippen LogP contribution in [0.25, 0.3) is 0 Å². The van der Waals surface area contributed by atoms with Crippen molar-refractivity contribution in [3.05, 3.63) is 35.9 Å². The summed E-state index contributed by atoms with van der Waals surface area (Å²) in [5.41, 5.74) is 1.13. The molecule has 0 aromatic heterocycles. The second-order valence-corrected chi connectivity index (χ2v) is 5.21. The Balaban J connectivity index is 2.69. The number of nitrogens with zero attached hydrogens (tertiary/aromatic N) is 1. The van der Waals surface area contributed by atoms with Crippen molar-refractivity contribution in [2.24, 2.45) is 0 Å². The van der Waals surface area contributed by atoms with Crippen molar-refractivity contribution in [1.82, 2.24) is 4.90 Å². The summed E-state index contributed by atoms with van der Waals surface area (Å²) in [6.07, 6.45) is 0.388. The lowest BCUT2D eigenvalue weighted by atomic mass is 9.97. The highest BCUT2D eigenvalue weighted by molar-refractivity contribution is 5.82. The third kappa shape index (κ3) is 4.68. The maximum absolute atomic E-state index is 12.3. The van der Waals surface area contributed by atoms with Gasteiger partial charge in [0.2, 0.25) is 5.91 Å². The van der Waals surface area contributed by atoms with Gasteiger partial charge in [0.05, 0.1) is 7.11 Å². The zero-order valence-corrected chi connectivity index (χ0v) is 12.6. The van der Waals surface area contributed by atoms with E-state index in [4.69, 9.17) is 0 Å². The van der Waals surface area contributed by atoms with Crippen LogP contribution in [-0.4, -0.2) is 36.5 Å². The molecule has 1 atom stereocenters. The largest absolute Gasteiger partial charge is 0.468 e. The Morgan fingerprint density at radius 1 is 1.15 bits per heavy atom. The molecule has 1 aromatic rings. The number of hydrogen-bond acceptors (Lipinski definition) is 3. The summed E-state index contributed by atoms with van der Waals surface area (Å²) in [5.74, 6) is -0.288. The maximum Gasteiger partial charge on any atom is 0.325 e. The molecule has 110 valence electrons. The van der Waals surface area contributed by atoms with Crippen molar-refractivity contribution >= 4 is 11.9 Å². The first-order valence-electron chi connectivity index (χ1n) is 6.87. The van der Waals surface area contributed by atoms with Crippen LogP contribution in [0.1, 0.15) is 38.7 Å². The highest BCUT2D eigenvalue weighted by atomic mass is 16.5. The molecule has 20 heavy (non-hydrogen) atoms. The van der Waals surface area contributed by atoms with E-state index in [0.717, 1.165) is 5.56 Å². The Hall–Kier alpha value is -1.84. The number of carbonyl (C=O) groups excluding carboxylic acids is 2. The average Bonchev–Trinajstić information content (AvgIpc) is 2.44. The van der Waals surface area contributed by atoms with Crippen molar-refractivity contribution in [3.8, 4) is 0 Å². The Morgan fingerprint density at radius 2 is 1.75 bits per heavy atom. The molecule has 1 amide bonds. The first kappa shape index (κ1) is 16.2. The van der Waals surface area contributed by atoms with Crippen molar-refractivity contribution in [2.75, 3.05) is 13.7 Å². The summed E-state index contributed by atoms with van der Waals surface area (Å²) in [6.45, 7) is 5.82. The first-order valence-corrected chi connectivity index (χ1v) is 6.87. The number of benzene rings is 1. The summed E-state index contributed by atoms with van der Waals surface area (Å²) in [7, 11) is 1.33. The lowest BCUT2D eigenvalue weighted by molar-refractivity contribution is -0.148. The van der Waals surface area contributed by atoms with E-state index < -0.39 is 0 Å². The van der Waals surface area contributed by atoms with Crippen LogP contribution in [0.15, 0.2) is 30.3 Å². The van der Waals surface area contributed by atoms with Gasteiger partial charge < -0.3 is 9.64 Å². The van der Waals surface area contributed by atoms with Crippen LogP contribution in [0.3, 0.4) is 0 Å². The fourth-order valence-electron chi connectivity index (χ4n) is 2.04. The summed E-state index contributed by atoms with van der Waals surface area (Å²) in [4.78, 5) is 25.3. The molecule has 4 heteroatoms. The maximum atomic E-state index is 12.3. The number of methoxy groups -OCH3 is 1. The van der Waals surface area contributed by atoms with Crippen LogP contribution in [0.4, 0.5) is 0 Å². The molecular formula is C16H23NO3. The molecule has 1 rings (SSSR count). The predicted octanol–water partition coefficient (Wildman–Crippen LogP) is 2.59. The smallest absolute Gasteiger partial charge is 0.325 e. The van der Waals surface area contributed by atoms with E-state index in [9.17, 15) is 9.59 Å². The zero-order chi connectivity index (χ0) is 15.1. The number of carbonyl (C=O) groups is 2. The monoisotopic (exact) mass is 277 g/mol. The van der Waals surface area contributed by atoms with E-state index >= 15 is 0 Å². The van der Waals surface area contributed by atoms with Gasteiger partial charge in [-0.25, -0.2) is 0 Å². The summed E-state index contributed by atoms with van der Waals surface area (Å²) < 4.78 is 4.64. The van der Waals surface area contributed by atoms with Crippen LogP contribution in [0.5, 0.6) is 0 Å². The molecule has 0 fully saturated rings. The normalized spacial score (nSPS) is 12.1. The molecule has 0 aliphatic carbocycles. The second kappa shape index (κ2) is 7.68. The molecular weight excluding hydrogens is 254 g/mol. The summed E-state index contributed by atoms with van der Waals surface area (Å²) >= 11 is 0. The van der Waals surface area contributed by atoms with Gasteiger partial charge in [0.15, 0.2) is 0 Å². The molecule has 1 unspecified atom stereocenters. The van der Waals surface area contributed by atoms with Crippen LogP contribution in [0, 0.1) is 0 Å². The fourth-order valence-corrected chi connectivity index (χ4v) is 2.04. The minimum Gasteiger partial charge on any atom is -0.468 e. The van der Waals surface area contributed by atoms with Crippen molar-refractivity contribution in [2.45, 2.75) is 39.2 Å². The molecule has 0 aliphatic heterocycles. The third-order valence-corrected chi connectivity index (χ3v) is 3.32. The molecule has 0 spiro atoms. The van der Waals surface area contributed by atoms with Crippen molar-refractivity contribution < 1.29 is 14.3 Å². The number of ether oxygens (including phenoxy) is 1. The molecule has 0 saturated heterocycles. The Labute approximate surface area is 120 Å². The molecule has 4 nitrogen and oxygen atoms in total. The predicted molar refractivity (Wildman–Crippen MR) is 78.3 cm³/mol. The van der Waals surface area contributed by atoms with E-state index in [0.29, 0.717) is 6.42 Å². The van der Waals surface area contributed by atoms with E-state index in [1.165, 1.54) is 7.11 Å². The minimum atomic E-state index is -0.389. The summed E-state index contributed by atoms with van der Waals surface area (Å²) in [5, 5.41) is 0. The topological polar surface area (TPSA) is 46.6 Å². The Morgan fingerprint density at radius 3 is 2.25 bits per heavy atom. The number of rotatable bonds is 6. The number of hydrogen-bond donors (Lipinski definition) is 0. The van der Waals surface area contributed by atoms with E-state index in [-0.39, 0.29) is 30.4 Å². The number of esters is 1. The van der Waals surface area contributed by atoms with Gasteiger partial charge in [-0.05, 0) is 25.3 Å². The van der Waals surface area contributed by atoms with Crippen LogP contribution >= 0.6 is 0 Å². The quantitative estimate of drug-likeness (QED) is 0.751. The molecule has 0 N–H and O–H groups in total. The average molecular weight is 277 g/mol. The van der Waals surface area contributed by atoms with Crippen LogP contribution in [0.2, 0.25) is 0 Å². The molecule has 0 radical (unpaired) electrons. The van der Waals surface area contributed by atoms with Crippen molar-refractivity contribution in [1.29, 1.82) is 0 Å². The van der Waals surface area contributed by atoms with Gasteiger partial charge in [0.1, 0.15) is 6.54 Å². The van der Waals surface area contributed by atoms with Gasteiger partial charge >= 0.3 is 5.97 Å². The zero-order valence-electron chi connectivity index (χ0n) is 12.6. The third-order valence-electron chi connectivity index (χ3n) is 3.32. The van der Waals surface area contributed by atoms with E-state index in [1.807, 2.05) is 51.1 Å². The summed E-state index contributed by atoms with van der Waals surface area (Å²) in [6, 6.07) is 9.88. The molecule has 0 bridgehead atoms. The molecule has 0 aliphatic rings. The fraction of sp³-hybridized carbons (Fsp3) is 0.500. The van der Waals surface area contributed by atoms with Gasteiger partial charge in [-0.1, -0.05) is 37.3 Å². The van der Waals surface area contributed by atoms with Gasteiger partial charge in [0, 0.05) is 12.5 Å². The standard InChI is InChI=1S/C16H23NO3/c1-12(2)17(11-16(19)20-4)15(18)10-13(3)14-8-6-5-7-9-14/h5-9,12-13H,10-11H2,1-4H3. The SMILES string of the molecule is COC(=O)CN(C(=O)CC(C)c1ccccc1)C(C)C. The van der Waals surface area contributed by atoms with Gasteiger partial charge in [0.25, 0.3) is 0 Å². The minimum absolute atomic E-state index is 0.00844. The van der Waals surface area contributed by atoms with E-state index in [1.54, 1.807) is 4.90 Å². The highest BCUT2D eigenvalue weighted by Gasteiger charge is 2.22. The van der Waals surface area contributed by atoms with Gasteiger partial charge in [-0.2, -0.15) is 0 Å². The van der Waals surface area contributed by atoms with Crippen LogP contribution in [-0.2, 0) is 14.3 Å². The molecule has 0 heterocycles. The lowest BCUT2D eigenvalue weighted by Crippen LogP contribution is -2.41. The van der Waals surface area contributed by atoms with Gasteiger partial charge in [-0.3, -0.25) is 9.59 Å². The molecule has 0 saturated carbocycles. The van der Waals surface area contributed by atoms with E-state index in [2.05, 4.69) is 4.74 Å². The first-order chi connectivity index (χ1) is 9.45. The number of amides is 1. The highest BCUT2D eigenvalue weighted by Crippen LogP contribution is 2.20. The second-order valence-electron chi connectivity index (χ2n) is 5.21. The van der Waals surface area contributed by atoms with Gasteiger partial charge in [-0.15, -0.1) is 0 Å². The Bertz CT molecular complexity index is 442.